The lowest BCUT2D eigenvalue weighted by Crippen LogP contribution is -2.33. The van der Waals surface area contributed by atoms with E-state index in [1.165, 1.54) is 6.92 Å². The number of nitrogens with one attached hydrogen (secondary N) is 3. The third kappa shape index (κ3) is 4.99. The number of carbonyl (C=O) groups excluding carboxylic acids is 2. The van der Waals surface area contributed by atoms with Crippen LogP contribution in [-0.4, -0.2) is 31.4 Å². The number of anilines is 1. The van der Waals surface area contributed by atoms with Gasteiger partial charge in [-0.05, 0) is 37.6 Å². The summed E-state index contributed by atoms with van der Waals surface area (Å²) in [5, 5.41) is 8.60. The van der Waals surface area contributed by atoms with Crippen molar-refractivity contribution in [1.82, 2.24) is 10.6 Å². The van der Waals surface area contributed by atoms with Gasteiger partial charge in [-0.25, -0.2) is 0 Å². The summed E-state index contributed by atoms with van der Waals surface area (Å²) < 4.78 is 0. The fourth-order valence-corrected chi connectivity index (χ4v) is 1.74. The third-order valence-electron chi connectivity index (χ3n) is 2.64. The summed E-state index contributed by atoms with van der Waals surface area (Å²) in [6, 6.07) is 5.65. The molecule has 5 heteroatoms. The first-order valence-corrected chi connectivity index (χ1v) is 6.41. The molecule has 5 nitrogen and oxygen atoms in total. The zero-order valence-corrected chi connectivity index (χ0v) is 11.7. The molecular formula is C14H21N3O2. The number of aryl methyl sites for hydroxylation is 1. The maximum Gasteiger partial charge on any atom is 0.251 e. The number of benzene rings is 1. The Morgan fingerprint density at radius 3 is 2.42 bits per heavy atom. The van der Waals surface area contributed by atoms with Crippen LogP contribution in [0.4, 0.5) is 5.69 Å². The Hall–Kier alpha value is -2.04. The van der Waals surface area contributed by atoms with Gasteiger partial charge < -0.3 is 16.0 Å². The Labute approximate surface area is 113 Å². The van der Waals surface area contributed by atoms with E-state index in [-0.39, 0.29) is 11.8 Å². The number of rotatable bonds is 6. The minimum atomic E-state index is -0.120. The molecule has 0 saturated carbocycles. The molecule has 0 bridgehead atoms. The summed E-state index contributed by atoms with van der Waals surface area (Å²) in [6.45, 7) is 7.09. The van der Waals surface area contributed by atoms with Gasteiger partial charge in [0.05, 0.1) is 0 Å². The first-order valence-electron chi connectivity index (χ1n) is 6.41. The molecule has 1 aromatic rings. The van der Waals surface area contributed by atoms with Crippen LogP contribution in [-0.2, 0) is 4.79 Å². The Morgan fingerprint density at radius 2 is 1.84 bits per heavy atom. The molecule has 3 N–H and O–H groups in total. The fraction of sp³-hybridized carbons (Fsp3) is 0.429. The summed E-state index contributed by atoms with van der Waals surface area (Å²) >= 11 is 0. The lowest BCUT2D eigenvalue weighted by molar-refractivity contribution is -0.118. The largest absolute Gasteiger partial charge is 0.385 e. The Kier molecular flexibility index (Phi) is 5.85. The van der Waals surface area contributed by atoms with Crippen LogP contribution in [0, 0.1) is 6.92 Å². The topological polar surface area (TPSA) is 70.2 Å². The molecule has 0 aromatic heterocycles. The molecule has 1 rings (SSSR count). The van der Waals surface area contributed by atoms with E-state index in [1.807, 2.05) is 26.0 Å². The zero-order valence-electron chi connectivity index (χ0n) is 11.7. The van der Waals surface area contributed by atoms with Crippen LogP contribution in [0.15, 0.2) is 18.2 Å². The van der Waals surface area contributed by atoms with Crippen molar-refractivity contribution in [3.05, 3.63) is 29.3 Å². The fourth-order valence-electron chi connectivity index (χ4n) is 1.74. The van der Waals surface area contributed by atoms with Gasteiger partial charge in [0, 0.05) is 37.8 Å². The molecule has 0 radical (unpaired) electrons. The van der Waals surface area contributed by atoms with Crippen molar-refractivity contribution in [2.75, 3.05) is 25.0 Å². The molecule has 0 atom stereocenters. The van der Waals surface area contributed by atoms with E-state index in [1.54, 1.807) is 6.07 Å². The standard InChI is InChI=1S/C14H21N3O2/c1-4-15-12-5-6-13(10(2)9-12)14(19)17-8-7-16-11(3)18/h5-6,9,15H,4,7-8H2,1-3H3,(H,16,18)(H,17,19). The third-order valence-corrected chi connectivity index (χ3v) is 2.64. The van der Waals surface area contributed by atoms with Crippen LogP contribution in [0.3, 0.4) is 0 Å². The Bertz CT molecular complexity index is 458. The molecule has 0 fully saturated rings. The molecule has 0 heterocycles. The number of hydrogen-bond acceptors (Lipinski definition) is 3. The first-order chi connectivity index (χ1) is 9.04. The molecule has 104 valence electrons. The Balaban J connectivity index is 2.54. The highest BCUT2D eigenvalue weighted by Gasteiger charge is 2.08. The van der Waals surface area contributed by atoms with Crippen molar-refractivity contribution in [3.8, 4) is 0 Å². The molecule has 0 unspecified atom stereocenters. The normalized spacial score (nSPS) is 9.84. The zero-order chi connectivity index (χ0) is 14.3. The van der Waals surface area contributed by atoms with E-state index in [0.717, 1.165) is 17.8 Å². The molecule has 0 aliphatic heterocycles. The lowest BCUT2D eigenvalue weighted by Gasteiger charge is -2.10. The van der Waals surface area contributed by atoms with Gasteiger partial charge in [0.25, 0.3) is 5.91 Å². The van der Waals surface area contributed by atoms with Gasteiger partial charge in [-0.1, -0.05) is 0 Å². The van der Waals surface area contributed by atoms with Gasteiger partial charge in [0.2, 0.25) is 5.91 Å². The SMILES string of the molecule is CCNc1ccc(C(=O)NCCNC(C)=O)c(C)c1. The maximum absolute atomic E-state index is 11.9. The molecule has 2 amide bonds. The lowest BCUT2D eigenvalue weighted by atomic mass is 10.1. The van der Waals surface area contributed by atoms with Crippen molar-refractivity contribution in [3.63, 3.8) is 0 Å². The van der Waals surface area contributed by atoms with E-state index in [2.05, 4.69) is 16.0 Å². The van der Waals surface area contributed by atoms with E-state index in [4.69, 9.17) is 0 Å². The summed E-state index contributed by atoms with van der Waals surface area (Å²) in [6.07, 6.45) is 0. The predicted molar refractivity (Wildman–Crippen MR) is 76.4 cm³/mol. The number of amides is 2. The minimum absolute atomic E-state index is 0.0968. The average Bonchev–Trinajstić information content (AvgIpc) is 2.34. The van der Waals surface area contributed by atoms with Gasteiger partial charge in [-0.15, -0.1) is 0 Å². The minimum Gasteiger partial charge on any atom is -0.385 e. The highest BCUT2D eigenvalue weighted by molar-refractivity contribution is 5.96. The van der Waals surface area contributed by atoms with E-state index >= 15 is 0 Å². The second-order valence-corrected chi connectivity index (χ2v) is 4.30. The highest BCUT2D eigenvalue weighted by atomic mass is 16.2. The molecular weight excluding hydrogens is 242 g/mol. The van der Waals surface area contributed by atoms with Crippen LogP contribution >= 0.6 is 0 Å². The molecule has 0 spiro atoms. The monoisotopic (exact) mass is 263 g/mol. The van der Waals surface area contributed by atoms with Gasteiger partial charge in [-0.2, -0.15) is 0 Å². The quantitative estimate of drug-likeness (QED) is 0.677. The van der Waals surface area contributed by atoms with Gasteiger partial charge in [-0.3, -0.25) is 9.59 Å². The summed E-state index contributed by atoms with van der Waals surface area (Å²) in [5.41, 5.74) is 2.59. The van der Waals surface area contributed by atoms with Crippen LogP contribution in [0.2, 0.25) is 0 Å². The van der Waals surface area contributed by atoms with Crippen molar-refractivity contribution >= 4 is 17.5 Å². The summed E-state index contributed by atoms with van der Waals surface area (Å²) in [7, 11) is 0. The molecule has 0 aliphatic rings. The van der Waals surface area contributed by atoms with Gasteiger partial charge >= 0.3 is 0 Å². The smallest absolute Gasteiger partial charge is 0.251 e. The van der Waals surface area contributed by atoms with Crippen LogP contribution in [0.5, 0.6) is 0 Å². The number of hydrogen-bond donors (Lipinski definition) is 3. The first kappa shape index (κ1) is 15.0. The Morgan fingerprint density at radius 1 is 1.16 bits per heavy atom. The second kappa shape index (κ2) is 7.41. The number of carbonyl (C=O) groups is 2. The van der Waals surface area contributed by atoms with Crippen LogP contribution in [0.25, 0.3) is 0 Å². The van der Waals surface area contributed by atoms with Crippen molar-refractivity contribution in [2.24, 2.45) is 0 Å². The molecule has 0 aliphatic carbocycles. The van der Waals surface area contributed by atoms with Crippen molar-refractivity contribution < 1.29 is 9.59 Å². The molecule has 1 aromatic carbocycles. The van der Waals surface area contributed by atoms with Gasteiger partial charge in [0.1, 0.15) is 0 Å². The van der Waals surface area contributed by atoms with Crippen LogP contribution < -0.4 is 16.0 Å². The summed E-state index contributed by atoms with van der Waals surface area (Å²) in [4.78, 5) is 22.6. The van der Waals surface area contributed by atoms with Crippen molar-refractivity contribution in [2.45, 2.75) is 20.8 Å². The average molecular weight is 263 g/mol. The summed E-state index contributed by atoms with van der Waals surface area (Å²) in [5.74, 6) is -0.216. The van der Waals surface area contributed by atoms with Crippen molar-refractivity contribution in [1.29, 1.82) is 0 Å². The second-order valence-electron chi connectivity index (χ2n) is 4.30. The maximum atomic E-state index is 11.9. The van der Waals surface area contributed by atoms with E-state index in [0.29, 0.717) is 18.7 Å². The van der Waals surface area contributed by atoms with Gasteiger partial charge in [0.15, 0.2) is 0 Å². The van der Waals surface area contributed by atoms with E-state index < -0.39 is 0 Å². The predicted octanol–water partition coefficient (Wildman–Crippen LogP) is 1.29. The molecule has 19 heavy (non-hydrogen) atoms. The van der Waals surface area contributed by atoms with Crippen LogP contribution in [0.1, 0.15) is 29.8 Å². The highest BCUT2D eigenvalue weighted by Crippen LogP contribution is 2.14. The van der Waals surface area contributed by atoms with E-state index in [9.17, 15) is 9.59 Å². The molecule has 0 saturated heterocycles.